The standard InChI is InChI=1S/C18H33F3N4O2S.HI/c1-13(2)15-6-4-14(5-7-15)12-23-17(22-3)24-16-8-10-25(11-9-16)28(26,27)18(19,20)21;/h13-16H,4-12H2,1-3H3,(H2,22,23,24);1H. The van der Waals surface area contributed by atoms with Crippen LogP contribution in [-0.2, 0) is 10.0 Å². The van der Waals surface area contributed by atoms with E-state index in [4.69, 9.17) is 0 Å². The fourth-order valence-electron chi connectivity index (χ4n) is 4.07. The van der Waals surface area contributed by atoms with E-state index in [0.717, 1.165) is 18.4 Å². The Morgan fingerprint density at radius 2 is 1.66 bits per heavy atom. The second kappa shape index (κ2) is 11.4. The van der Waals surface area contributed by atoms with Crippen molar-refractivity contribution in [2.75, 3.05) is 26.7 Å². The zero-order chi connectivity index (χ0) is 20.9. The molecule has 29 heavy (non-hydrogen) atoms. The molecule has 1 aliphatic carbocycles. The van der Waals surface area contributed by atoms with E-state index in [0.29, 0.717) is 29.0 Å². The van der Waals surface area contributed by atoms with E-state index in [1.165, 1.54) is 25.7 Å². The molecular formula is C18H34F3IN4O2S. The third-order valence-corrected chi connectivity index (χ3v) is 7.67. The minimum atomic E-state index is -5.24. The molecule has 1 saturated heterocycles. The summed E-state index contributed by atoms with van der Waals surface area (Å²) in [7, 11) is -3.57. The maximum Gasteiger partial charge on any atom is 0.511 e. The first kappa shape index (κ1) is 26.7. The second-order valence-electron chi connectivity index (χ2n) is 8.25. The van der Waals surface area contributed by atoms with Crippen LogP contribution in [0.1, 0.15) is 52.4 Å². The molecule has 0 aromatic carbocycles. The number of halogens is 4. The van der Waals surface area contributed by atoms with Gasteiger partial charge in [0.05, 0.1) is 0 Å². The van der Waals surface area contributed by atoms with Crippen LogP contribution < -0.4 is 10.6 Å². The van der Waals surface area contributed by atoms with E-state index in [1.54, 1.807) is 7.05 Å². The van der Waals surface area contributed by atoms with Crippen molar-refractivity contribution in [2.24, 2.45) is 22.7 Å². The number of sulfonamides is 1. The summed E-state index contributed by atoms with van der Waals surface area (Å²) >= 11 is 0. The second-order valence-corrected chi connectivity index (χ2v) is 10.2. The Labute approximate surface area is 189 Å². The average Bonchev–Trinajstić information content (AvgIpc) is 2.65. The third-order valence-electron chi connectivity index (χ3n) is 6.04. The van der Waals surface area contributed by atoms with Gasteiger partial charge in [0.1, 0.15) is 0 Å². The van der Waals surface area contributed by atoms with Crippen LogP contribution in [0.5, 0.6) is 0 Å². The lowest BCUT2D eigenvalue weighted by Crippen LogP contribution is -2.52. The summed E-state index contributed by atoms with van der Waals surface area (Å²) in [6, 6.07) is -0.0949. The van der Waals surface area contributed by atoms with Crippen molar-refractivity contribution >= 4 is 40.0 Å². The predicted octanol–water partition coefficient (Wildman–Crippen LogP) is 3.55. The Morgan fingerprint density at radius 3 is 2.10 bits per heavy atom. The van der Waals surface area contributed by atoms with Crippen LogP contribution in [0, 0.1) is 17.8 Å². The normalized spacial score (nSPS) is 25.6. The van der Waals surface area contributed by atoms with Gasteiger partial charge in [-0.05, 0) is 56.3 Å². The highest BCUT2D eigenvalue weighted by Crippen LogP contribution is 2.33. The van der Waals surface area contributed by atoms with E-state index in [2.05, 4.69) is 29.5 Å². The number of hydrogen-bond acceptors (Lipinski definition) is 3. The molecule has 2 N–H and O–H groups in total. The molecule has 0 amide bonds. The fourth-order valence-corrected chi connectivity index (χ4v) is 5.06. The van der Waals surface area contributed by atoms with E-state index in [1.807, 2.05) is 0 Å². The smallest absolute Gasteiger partial charge is 0.356 e. The minimum absolute atomic E-state index is 0. The number of alkyl halides is 3. The van der Waals surface area contributed by atoms with E-state index >= 15 is 0 Å². The van der Waals surface area contributed by atoms with Crippen LogP contribution in [-0.4, -0.2) is 56.9 Å². The van der Waals surface area contributed by atoms with E-state index < -0.39 is 15.5 Å². The molecule has 0 aromatic rings. The van der Waals surface area contributed by atoms with Gasteiger partial charge in [-0.3, -0.25) is 4.99 Å². The summed E-state index contributed by atoms with van der Waals surface area (Å²) in [6.45, 7) is 5.09. The molecule has 172 valence electrons. The monoisotopic (exact) mass is 554 g/mol. The topological polar surface area (TPSA) is 73.8 Å². The summed E-state index contributed by atoms with van der Waals surface area (Å²) in [6.07, 6.45) is 5.52. The van der Waals surface area contributed by atoms with Crippen LogP contribution in [0.4, 0.5) is 13.2 Å². The first-order valence-electron chi connectivity index (χ1n) is 10.1. The lowest BCUT2D eigenvalue weighted by atomic mass is 9.77. The van der Waals surface area contributed by atoms with Crippen molar-refractivity contribution < 1.29 is 21.6 Å². The van der Waals surface area contributed by atoms with Gasteiger partial charge in [-0.15, -0.1) is 24.0 Å². The van der Waals surface area contributed by atoms with Gasteiger partial charge >= 0.3 is 15.5 Å². The number of aliphatic imine (C=N–C) groups is 1. The Balaban J connectivity index is 0.00000420. The fraction of sp³-hybridized carbons (Fsp3) is 0.944. The van der Waals surface area contributed by atoms with Crippen molar-refractivity contribution in [3.63, 3.8) is 0 Å². The van der Waals surface area contributed by atoms with Crippen molar-refractivity contribution in [1.82, 2.24) is 14.9 Å². The Morgan fingerprint density at radius 1 is 1.10 bits per heavy atom. The number of piperidine rings is 1. The number of rotatable bonds is 5. The summed E-state index contributed by atoms with van der Waals surface area (Å²) in [5, 5.41) is 6.54. The van der Waals surface area contributed by atoms with Gasteiger partial charge in [0.25, 0.3) is 0 Å². The van der Waals surface area contributed by atoms with Crippen molar-refractivity contribution in [3.8, 4) is 0 Å². The molecule has 1 aliphatic heterocycles. The largest absolute Gasteiger partial charge is 0.511 e. The number of guanidine groups is 1. The highest BCUT2D eigenvalue weighted by Gasteiger charge is 2.50. The molecule has 1 saturated carbocycles. The van der Waals surface area contributed by atoms with Gasteiger partial charge in [0, 0.05) is 32.7 Å². The first-order chi connectivity index (χ1) is 13.0. The molecule has 1 heterocycles. The average molecular weight is 554 g/mol. The summed E-state index contributed by atoms with van der Waals surface area (Å²) < 4.78 is 61.4. The lowest BCUT2D eigenvalue weighted by Gasteiger charge is -2.33. The van der Waals surface area contributed by atoms with Crippen LogP contribution >= 0.6 is 24.0 Å². The van der Waals surface area contributed by atoms with Gasteiger partial charge in [-0.25, -0.2) is 8.42 Å². The van der Waals surface area contributed by atoms with Gasteiger partial charge in [0.2, 0.25) is 0 Å². The molecule has 0 unspecified atom stereocenters. The molecule has 0 spiro atoms. The molecule has 2 fully saturated rings. The maximum absolute atomic E-state index is 12.7. The highest BCUT2D eigenvalue weighted by molar-refractivity contribution is 14.0. The zero-order valence-corrected chi connectivity index (χ0v) is 20.5. The molecule has 2 rings (SSSR count). The molecule has 0 bridgehead atoms. The van der Waals surface area contributed by atoms with Gasteiger partial charge < -0.3 is 10.6 Å². The molecule has 11 heteroatoms. The van der Waals surface area contributed by atoms with Crippen molar-refractivity contribution in [3.05, 3.63) is 0 Å². The zero-order valence-electron chi connectivity index (χ0n) is 17.3. The number of nitrogens with one attached hydrogen (secondary N) is 2. The van der Waals surface area contributed by atoms with E-state index in [9.17, 15) is 21.6 Å². The quantitative estimate of drug-likeness (QED) is 0.310. The van der Waals surface area contributed by atoms with Crippen LogP contribution in [0.15, 0.2) is 4.99 Å². The maximum atomic E-state index is 12.7. The summed E-state index contributed by atoms with van der Waals surface area (Å²) in [4.78, 5) is 4.20. The lowest BCUT2D eigenvalue weighted by molar-refractivity contribution is -0.0494. The van der Waals surface area contributed by atoms with Gasteiger partial charge in [-0.1, -0.05) is 13.8 Å². The minimum Gasteiger partial charge on any atom is -0.356 e. The molecule has 6 nitrogen and oxygen atoms in total. The first-order valence-corrected chi connectivity index (χ1v) is 11.5. The third kappa shape index (κ3) is 7.41. The number of nitrogens with zero attached hydrogens (tertiary/aromatic N) is 2. The van der Waals surface area contributed by atoms with Crippen molar-refractivity contribution in [2.45, 2.75) is 63.9 Å². The number of hydrogen-bond donors (Lipinski definition) is 2. The van der Waals surface area contributed by atoms with E-state index in [-0.39, 0.29) is 43.1 Å². The Kier molecular flexibility index (Phi) is 10.5. The van der Waals surface area contributed by atoms with Crippen LogP contribution in [0.3, 0.4) is 0 Å². The molecule has 2 aliphatic rings. The summed E-state index contributed by atoms with van der Waals surface area (Å²) in [5.74, 6) is 2.78. The predicted molar refractivity (Wildman–Crippen MR) is 120 cm³/mol. The molecular weight excluding hydrogens is 520 g/mol. The Hall–Kier alpha value is -0.300. The molecule has 0 aromatic heterocycles. The van der Waals surface area contributed by atoms with Crippen LogP contribution in [0.25, 0.3) is 0 Å². The summed E-state index contributed by atoms with van der Waals surface area (Å²) in [5.41, 5.74) is -5.24. The Bertz CT molecular complexity index is 628. The van der Waals surface area contributed by atoms with Crippen LogP contribution in [0.2, 0.25) is 0 Å². The molecule has 0 atom stereocenters. The van der Waals surface area contributed by atoms with Gasteiger partial charge in [-0.2, -0.15) is 17.5 Å². The highest BCUT2D eigenvalue weighted by atomic mass is 127. The van der Waals surface area contributed by atoms with Crippen molar-refractivity contribution in [1.29, 1.82) is 0 Å². The molecule has 0 radical (unpaired) electrons. The van der Waals surface area contributed by atoms with Gasteiger partial charge in [0.15, 0.2) is 5.96 Å². The SMILES string of the molecule is CN=C(NCC1CCC(C(C)C)CC1)NC1CCN(S(=O)(=O)C(F)(F)F)CC1.I.